The topological polar surface area (TPSA) is 0 Å². The number of rotatable bonds is 4. The van der Waals surface area contributed by atoms with E-state index in [0.29, 0.717) is 10.9 Å². The van der Waals surface area contributed by atoms with Crippen LogP contribution in [0.1, 0.15) is 47.7 Å². The fourth-order valence-corrected chi connectivity index (χ4v) is 3.23. The summed E-state index contributed by atoms with van der Waals surface area (Å²) in [4.78, 5) is -0.0263. The van der Waals surface area contributed by atoms with Gasteiger partial charge in [0.1, 0.15) is 5.82 Å². The second-order valence-corrected chi connectivity index (χ2v) is 6.33. The number of hydrogen-bond donors (Lipinski definition) is 0. The Balaban J connectivity index is 2.26. The molecule has 0 radical (unpaired) electrons. The van der Waals surface area contributed by atoms with Crippen molar-refractivity contribution in [3.63, 3.8) is 0 Å². The molecule has 3 heteroatoms. The molecule has 0 aliphatic rings. The molecule has 0 bridgehead atoms. The number of halogens is 3. The second-order valence-electron chi connectivity index (χ2n) is 5.00. The monoisotopic (exact) mass is 354 g/mol. The zero-order valence-electron chi connectivity index (χ0n) is 11.5. The zero-order valence-corrected chi connectivity index (χ0v) is 13.9. The zero-order chi connectivity index (χ0) is 14.7. The summed E-state index contributed by atoms with van der Waals surface area (Å²) in [6.07, 6.45) is 1.13. The van der Waals surface area contributed by atoms with E-state index in [-0.39, 0.29) is 10.6 Å². The third-order valence-electron chi connectivity index (χ3n) is 3.65. The third kappa shape index (κ3) is 3.42. The molecule has 0 saturated heterocycles. The quantitative estimate of drug-likeness (QED) is 0.551. The summed E-state index contributed by atoms with van der Waals surface area (Å²) in [5.74, 6) is 0.248. The molecule has 0 heterocycles. The van der Waals surface area contributed by atoms with Gasteiger partial charge in [0.05, 0.1) is 4.83 Å². The number of alkyl halides is 1. The van der Waals surface area contributed by atoms with Gasteiger partial charge in [-0.2, -0.15) is 0 Å². The highest BCUT2D eigenvalue weighted by Gasteiger charge is 2.14. The van der Waals surface area contributed by atoms with E-state index < -0.39 is 0 Å². The van der Waals surface area contributed by atoms with E-state index in [0.717, 1.165) is 17.5 Å². The molecule has 2 aromatic rings. The Morgan fingerprint density at radius 3 is 2.25 bits per heavy atom. The van der Waals surface area contributed by atoms with Gasteiger partial charge in [-0.15, -0.1) is 0 Å². The Kier molecular flexibility index (Phi) is 5.22. The van der Waals surface area contributed by atoms with Gasteiger partial charge in [0, 0.05) is 5.02 Å². The molecule has 0 aliphatic heterocycles. The predicted molar refractivity (Wildman–Crippen MR) is 87.3 cm³/mol. The van der Waals surface area contributed by atoms with Crippen LogP contribution in [0.2, 0.25) is 5.02 Å². The molecule has 0 N–H and O–H groups in total. The van der Waals surface area contributed by atoms with Crippen molar-refractivity contribution >= 4 is 27.5 Å². The molecule has 0 spiro atoms. The Hall–Kier alpha value is -0.860. The van der Waals surface area contributed by atoms with Crippen LogP contribution in [-0.4, -0.2) is 0 Å². The molecule has 106 valence electrons. The molecule has 2 unspecified atom stereocenters. The maximum absolute atomic E-state index is 13.1. The second kappa shape index (κ2) is 6.73. The van der Waals surface area contributed by atoms with Crippen LogP contribution in [-0.2, 0) is 0 Å². The van der Waals surface area contributed by atoms with Gasteiger partial charge in [-0.1, -0.05) is 71.7 Å². The molecule has 2 rings (SSSR count). The molecular weight excluding hydrogens is 339 g/mol. The Bertz CT molecular complexity index is 580. The Labute approximate surface area is 133 Å². The first-order chi connectivity index (χ1) is 9.52. The minimum Gasteiger partial charge on any atom is -0.207 e. The Morgan fingerprint density at radius 1 is 1.10 bits per heavy atom. The molecule has 0 aliphatic carbocycles. The van der Waals surface area contributed by atoms with Gasteiger partial charge in [0.15, 0.2) is 0 Å². The highest BCUT2D eigenvalue weighted by atomic mass is 79.9. The summed E-state index contributed by atoms with van der Waals surface area (Å²) in [6, 6.07) is 13.0. The maximum atomic E-state index is 13.1. The lowest BCUT2D eigenvalue weighted by molar-refractivity contribution is 0.627. The van der Waals surface area contributed by atoms with E-state index in [9.17, 15) is 4.39 Å². The maximum Gasteiger partial charge on any atom is 0.124 e. The van der Waals surface area contributed by atoms with Crippen molar-refractivity contribution in [2.24, 2.45) is 0 Å². The average molecular weight is 356 g/mol. The normalized spacial score (nSPS) is 14.1. The summed E-state index contributed by atoms with van der Waals surface area (Å²) < 4.78 is 13.1. The largest absolute Gasteiger partial charge is 0.207 e. The lowest BCUT2D eigenvalue weighted by Crippen LogP contribution is -1.96. The summed E-state index contributed by atoms with van der Waals surface area (Å²) in [6.45, 7) is 4.40. The molecule has 20 heavy (non-hydrogen) atoms. The molecule has 0 fully saturated rings. The first-order valence-electron chi connectivity index (χ1n) is 6.71. The van der Waals surface area contributed by atoms with Crippen molar-refractivity contribution in [1.82, 2.24) is 0 Å². The molecular formula is C17H17BrClF. The minimum atomic E-state index is -0.314. The SMILES string of the molecule is CCC(C)c1ccc(C(Br)c2ccc(F)cc2Cl)cc1. The molecule has 0 nitrogen and oxygen atoms in total. The van der Waals surface area contributed by atoms with Crippen molar-refractivity contribution in [3.8, 4) is 0 Å². The first kappa shape index (κ1) is 15.5. The molecule has 2 aromatic carbocycles. The van der Waals surface area contributed by atoms with Gasteiger partial charge in [0.25, 0.3) is 0 Å². The van der Waals surface area contributed by atoms with E-state index in [1.165, 1.54) is 17.7 Å². The predicted octanol–water partition coefficient (Wildman–Crippen LogP) is 6.48. The molecule has 0 saturated carbocycles. The van der Waals surface area contributed by atoms with E-state index in [2.05, 4.69) is 54.0 Å². The lowest BCUT2D eigenvalue weighted by atomic mass is 9.96. The summed E-state index contributed by atoms with van der Waals surface area (Å²) in [5, 5.41) is 0.442. The molecule has 2 atom stereocenters. The van der Waals surface area contributed by atoms with E-state index in [1.54, 1.807) is 6.07 Å². The van der Waals surface area contributed by atoms with Crippen LogP contribution in [0, 0.1) is 5.82 Å². The van der Waals surface area contributed by atoms with E-state index in [4.69, 9.17) is 11.6 Å². The summed E-state index contributed by atoms with van der Waals surface area (Å²) in [5.41, 5.74) is 3.33. The van der Waals surface area contributed by atoms with Gasteiger partial charge in [-0.3, -0.25) is 0 Å². The van der Waals surface area contributed by atoms with Gasteiger partial charge in [-0.05, 0) is 41.2 Å². The van der Waals surface area contributed by atoms with Crippen molar-refractivity contribution < 1.29 is 4.39 Å². The fourth-order valence-electron chi connectivity index (χ4n) is 2.12. The Morgan fingerprint density at radius 2 is 1.70 bits per heavy atom. The average Bonchev–Trinajstić information content (AvgIpc) is 2.46. The van der Waals surface area contributed by atoms with Crippen LogP contribution in [0.3, 0.4) is 0 Å². The highest BCUT2D eigenvalue weighted by Crippen LogP contribution is 2.36. The smallest absolute Gasteiger partial charge is 0.124 e. The summed E-state index contributed by atoms with van der Waals surface area (Å²) >= 11 is 9.75. The fraction of sp³-hybridized carbons (Fsp3) is 0.294. The van der Waals surface area contributed by atoms with Crippen molar-refractivity contribution in [2.45, 2.75) is 31.0 Å². The van der Waals surface area contributed by atoms with Crippen molar-refractivity contribution in [3.05, 3.63) is 70.0 Å². The van der Waals surface area contributed by atoms with E-state index >= 15 is 0 Å². The highest BCUT2D eigenvalue weighted by molar-refractivity contribution is 9.09. The first-order valence-corrected chi connectivity index (χ1v) is 8.01. The molecule has 0 amide bonds. The van der Waals surface area contributed by atoms with Crippen LogP contribution in [0.15, 0.2) is 42.5 Å². The van der Waals surface area contributed by atoms with Crippen LogP contribution >= 0.6 is 27.5 Å². The van der Waals surface area contributed by atoms with Crippen LogP contribution in [0.25, 0.3) is 0 Å². The molecule has 0 aromatic heterocycles. The van der Waals surface area contributed by atoms with Gasteiger partial charge < -0.3 is 0 Å². The van der Waals surface area contributed by atoms with Crippen LogP contribution in [0.5, 0.6) is 0 Å². The number of hydrogen-bond acceptors (Lipinski definition) is 0. The third-order valence-corrected chi connectivity index (χ3v) is 5.00. The number of benzene rings is 2. The van der Waals surface area contributed by atoms with Crippen LogP contribution < -0.4 is 0 Å². The minimum absolute atomic E-state index is 0.0263. The van der Waals surface area contributed by atoms with Gasteiger partial charge >= 0.3 is 0 Å². The van der Waals surface area contributed by atoms with Crippen molar-refractivity contribution in [1.29, 1.82) is 0 Å². The van der Waals surface area contributed by atoms with Gasteiger partial charge in [-0.25, -0.2) is 4.39 Å². The standard InChI is InChI=1S/C17H17BrClF/c1-3-11(2)12-4-6-13(7-5-12)17(18)15-9-8-14(20)10-16(15)19/h4-11,17H,3H2,1-2H3. The van der Waals surface area contributed by atoms with E-state index in [1.807, 2.05) is 0 Å². The summed E-state index contributed by atoms with van der Waals surface area (Å²) in [7, 11) is 0. The van der Waals surface area contributed by atoms with Crippen molar-refractivity contribution in [2.75, 3.05) is 0 Å². The van der Waals surface area contributed by atoms with Gasteiger partial charge in [0.2, 0.25) is 0 Å². The lowest BCUT2D eigenvalue weighted by Gasteiger charge is -2.15. The van der Waals surface area contributed by atoms with Crippen LogP contribution in [0.4, 0.5) is 4.39 Å².